The molecule has 22 heavy (non-hydrogen) atoms. The highest BCUT2D eigenvalue weighted by atomic mass is 35.5. The molecule has 110 valence electrons. The number of hydrogen-bond donors (Lipinski definition) is 2. The summed E-state index contributed by atoms with van der Waals surface area (Å²) in [7, 11) is 0. The first-order chi connectivity index (χ1) is 10.6. The molecule has 1 heterocycles. The van der Waals surface area contributed by atoms with Gasteiger partial charge in [-0.05, 0) is 29.8 Å². The molecule has 2 N–H and O–H groups in total. The van der Waals surface area contributed by atoms with Crippen molar-refractivity contribution in [2.75, 3.05) is 0 Å². The summed E-state index contributed by atoms with van der Waals surface area (Å²) >= 11 is 5.82. The van der Waals surface area contributed by atoms with Crippen LogP contribution in [0.15, 0.2) is 54.7 Å². The number of pyridine rings is 1. The van der Waals surface area contributed by atoms with Crippen molar-refractivity contribution in [3.8, 4) is 5.75 Å². The third kappa shape index (κ3) is 2.87. The summed E-state index contributed by atoms with van der Waals surface area (Å²) in [5.74, 6) is -0.452. The quantitative estimate of drug-likeness (QED) is 0.778. The van der Waals surface area contributed by atoms with Gasteiger partial charge in [-0.25, -0.2) is 0 Å². The number of fused-ring (bicyclic) bond motifs is 1. The molecule has 1 aromatic heterocycles. The Hall–Kier alpha value is -2.59. The Balaban J connectivity index is 1.80. The molecule has 0 spiro atoms. The Morgan fingerprint density at radius 3 is 2.68 bits per heavy atom. The number of nitrogens with zero attached hydrogens (tertiary/aromatic N) is 1. The standard InChI is InChI=1S/C17H13ClN2O2/c18-13-6-3-11(4-7-13)10-20-17(22)14-8-5-12-2-1-9-19-15(12)16(14)21/h1-9,21H,10H2,(H,20,22). The smallest absolute Gasteiger partial charge is 0.255 e. The number of benzene rings is 2. The lowest BCUT2D eigenvalue weighted by Crippen LogP contribution is -2.22. The zero-order chi connectivity index (χ0) is 15.5. The summed E-state index contributed by atoms with van der Waals surface area (Å²) in [6.45, 7) is 0.357. The number of amides is 1. The van der Waals surface area contributed by atoms with Crippen LogP contribution in [0.1, 0.15) is 15.9 Å². The van der Waals surface area contributed by atoms with E-state index < -0.39 is 0 Å². The molecule has 0 saturated heterocycles. The zero-order valence-corrected chi connectivity index (χ0v) is 12.3. The number of carbonyl (C=O) groups is 1. The summed E-state index contributed by atoms with van der Waals surface area (Å²) in [4.78, 5) is 16.3. The maximum absolute atomic E-state index is 12.2. The fourth-order valence-electron chi connectivity index (χ4n) is 2.19. The second kappa shape index (κ2) is 6.03. The van der Waals surface area contributed by atoms with Crippen LogP contribution < -0.4 is 5.32 Å². The van der Waals surface area contributed by atoms with E-state index in [2.05, 4.69) is 10.3 Å². The first-order valence-electron chi connectivity index (χ1n) is 6.74. The second-order valence-electron chi connectivity index (χ2n) is 4.85. The van der Waals surface area contributed by atoms with Gasteiger partial charge in [-0.15, -0.1) is 0 Å². The lowest BCUT2D eigenvalue weighted by atomic mass is 10.1. The average molecular weight is 313 g/mol. The lowest BCUT2D eigenvalue weighted by Gasteiger charge is -2.08. The predicted molar refractivity (Wildman–Crippen MR) is 86.0 cm³/mol. The van der Waals surface area contributed by atoms with Crippen molar-refractivity contribution in [3.05, 3.63) is 70.9 Å². The minimum Gasteiger partial charge on any atom is -0.505 e. The maximum atomic E-state index is 12.2. The molecule has 5 heteroatoms. The van der Waals surface area contributed by atoms with Crippen LogP contribution >= 0.6 is 11.6 Å². The molecule has 3 aromatic rings. The molecule has 0 fully saturated rings. The molecule has 0 radical (unpaired) electrons. The molecule has 0 aliphatic carbocycles. The molecule has 2 aromatic carbocycles. The number of halogens is 1. The van der Waals surface area contributed by atoms with E-state index in [1.807, 2.05) is 18.2 Å². The Morgan fingerprint density at radius 2 is 1.91 bits per heavy atom. The normalized spacial score (nSPS) is 10.6. The summed E-state index contributed by atoms with van der Waals surface area (Å²) in [5, 5.41) is 14.4. The molecule has 0 aliphatic heterocycles. The van der Waals surface area contributed by atoms with Crippen LogP contribution in [-0.2, 0) is 6.54 Å². The van der Waals surface area contributed by atoms with Gasteiger partial charge in [-0.2, -0.15) is 0 Å². The van der Waals surface area contributed by atoms with Gasteiger partial charge >= 0.3 is 0 Å². The van der Waals surface area contributed by atoms with Crippen LogP contribution in [-0.4, -0.2) is 16.0 Å². The number of phenolic OH excluding ortho intramolecular Hbond substituents is 1. The van der Waals surface area contributed by atoms with Crippen LogP contribution in [0.25, 0.3) is 10.9 Å². The molecule has 0 aliphatic rings. The zero-order valence-electron chi connectivity index (χ0n) is 11.6. The Labute approximate surface area is 132 Å². The monoisotopic (exact) mass is 312 g/mol. The van der Waals surface area contributed by atoms with Gasteiger partial charge in [0.05, 0.1) is 5.56 Å². The van der Waals surface area contributed by atoms with Crippen molar-refractivity contribution in [2.45, 2.75) is 6.54 Å². The molecule has 1 amide bonds. The van der Waals surface area contributed by atoms with E-state index in [9.17, 15) is 9.90 Å². The summed E-state index contributed by atoms with van der Waals surface area (Å²) < 4.78 is 0. The molecular formula is C17H13ClN2O2. The van der Waals surface area contributed by atoms with Crippen molar-refractivity contribution in [2.24, 2.45) is 0 Å². The third-order valence-corrected chi connectivity index (χ3v) is 3.61. The number of aromatic hydroxyl groups is 1. The number of nitrogens with one attached hydrogen (secondary N) is 1. The fraction of sp³-hybridized carbons (Fsp3) is 0.0588. The number of hydrogen-bond acceptors (Lipinski definition) is 3. The van der Waals surface area contributed by atoms with Crippen molar-refractivity contribution in [1.82, 2.24) is 10.3 Å². The fourth-order valence-corrected chi connectivity index (χ4v) is 2.32. The first kappa shape index (κ1) is 14.4. The predicted octanol–water partition coefficient (Wildman–Crippen LogP) is 3.52. The first-order valence-corrected chi connectivity index (χ1v) is 7.12. The van der Waals surface area contributed by atoms with E-state index in [1.165, 1.54) is 0 Å². The van der Waals surface area contributed by atoms with Gasteiger partial charge in [0.2, 0.25) is 0 Å². The van der Waals surface area contributed by atoms with Gasteiger partial charge in [0.25, 0.3) is 5.91 Å². The van der Waals surface area contributed by atoms with E-state index in [0.29, 0.717) is 17.1 Å². The molecule has 0 atom stereocenters. The Bertz CT molecular complexity index is 832. The molecular weight excluding hydrogens is 300 g/mol. The summed E-state index contributed by atoms with van der Waals surface area (Å²) in [5.41, 5.74) is 1.55. The second-order valence-corrected chi connectivity index (χ2v) is 5.28. The Kier molecular flexibility index (Phi) is 3.94. The molecule has 0 saturated carbocycles. The minimum atomic E-state index is -0.347. The molecule has 0 bridgehead atoms. The van der Waals surface area contributed by atoms with Crippen LogP contribution in [0.5, 0.6) is 5.75 Å². The number of carbonyl (C=O) groups excluding carboxylic acids is 1. The number of rotatable bonds is 3. The molecule has 4 nitrogen and oxygen atoms in total. The minimum absolute atomic E-state index is 0.105. The average Bonchev–Trinajstić information content (AvgIpc) is 2.55. The highest BCUT2D eigenvalue weighted by molar-refractivity contribution is 6.30. The van der Waals surface area contributed by atoms with Crippen LogP contribution in [0.3, 0.4) is 0 Å². The van der Waals surface area contributed by atoms with Crippen molar-refractivity contribution >= 4 is 28.4 Å². The van der Waals surface area contributed by atoms with Gasteiger partial charge in [-0.3, -0.25) is 9.78 Å². The van der Waals surface area contributed by atoms with Gasteiger partial charge in [0.1, 0.15) is 5.52 Å². The van der Waals surface area contributed by atoms with Crippen LogP contribution in [0, 0.1) is 0 Å². The van der Waals surface area contributed by atoms with E-state index in [-0.39, 0.29) is 17.2 Å². The maximum Gasteiger partial charge on any atom is 0.255 e. The van der Waals surface area contributed by atoms with Gasteiger partial charge in [-0.1, -0.05) is 35.9 Å². The van der Waals surface area contributed by atoms with Gasteiger partial charge in [0, 0.05) is 23.2 Å². The topological polar surface area (TPSA) is 62.2 Å². The van der Waals surface area contributed by atoms with E-state index in [4.69, 9.17) is 11.6 Å². The van der Waals surface area contributed by atoms with Crippen molar-refractivity contribution in [3.63, 3.8) is 0 Å². The lowest BCUT2D eigenvalue weighted by molar-refractivity contribution is 0.0948. The largest absolute Gasteiger partial charge is 0.505 e. The van der Waals surface area contributed by atoms with E-state index >= 15 is 0 Å². The Morgan fingerprint density at radius 1 is 1.14 bits per heavy atom. The van der Waals surface area contributed by atoms with Crippen molar-refractivity contribution < 1.29 is 9.90 Å². The third-order valence-electron chi connectivity index (χ3n) is 3.36. The number of phenols is 1. The highest BCUT2D eigenvalue weighted by Gasteiger charge is 2.14. The summed E-state index contributed by atoms with van der Waals surface area (Å²) in [6.07, 6.45) is 1.58. The summed E-state index contributed by atoms with van der Waals surface area (Å²) in [6, 6.07) is 14.2. The van der Waals surface area contributed by atoms with Gasteiger partial charge in [0.15, 0.2) is 5.75 Å². The highest BCUT2D eigenvalue weighted by Crippen LogP contribution is 2.26. The van der Waals surface area contributed by atoms with E-state index in [1.54, 1.807) is 36.5 Å². The van der Waals surface area contributed by atoms with Crippen LogP contribution in [0.4, 0.5) is 0 Å². The van der Waals surface area contributed by atoms with Gasteiger partial charge < -0.3 is 10.4 Å². The van der Waals surface area contributed by atoms with E-state index in [0.717, 1.165) is 10.9 Å². The van der Waals surface area contributed by atoms with Crippen molar-refractivity contribution in [1.29, 1.82) is 0 Å². The molecule has 3 rings (SSSR count). The SMILES string of the molecule is O=C(NCc1ccc(Cl)cc1)c1ccc2cccnc2c1O. The van der Waals surface area contributed by atoms with Crippen LogP contribution in [0.2, 0.25) is 5.02 Å². The number of aromatic nitrogens is 1. The molecule has 0 unspecified atom stereocenters.